The molecule has 0 radical (unpaired) electrons. The van der Waals surface area contributed by atoms with Crippen LogP contribution in [0.25, 0.3) is 0 Å². The van der Waals surface area contributed by atoms with Crippen LogP contribution < -0.4 is 10.6 Å². The minimum Gasteiger partial charge on any atom is -0.333 e. The summed E-state index contributed by atoms with van der Waals surface area (Å²) in [5.74, 6) is -0.232. The van der Waals surface area contributed by atoms with Gasteiger partial charge in [-0.3, -0.25) is 15.0 Å². The molecule has 1 fully saturated rings. The molecule has 1 unspecified atom stereocenters. The van der Waals surface area contributed by atoms with Gasteiger partial charge in [-0.2, -0.15) is 0 Å². The van der Waals surface area contributed by atoms with Gasteiger partial charge in [0.25, 0.3) is 0 Å². The molecule has 0 aromatic carbocycles. The van der Waals surface area contributed by atoms with Gasteiger partial charge in [-0.05, 0) is 52.5 Å². The Hall–Kier alpha value is -1.10. The normalized spacial score (nSPS) is 21.1. The minimum atomic E-state index is -0.425. The Morgan fingerprint density at radius 2 is 1.85 bits per heavy atom. The first-order chi connectivity index (χ1) is 9.00. The summed E-state index contributed by atoms with van der Waals surface area (Å²) in [5.41, 5.74) is -0.110. The number of nitrogens with one attached hydrogen (secondary N) is 2. The first kappa shape index (κ1) is 17.0. The number of rotatable bonds is 2. The highest BCUT2D eigenvalue weighted by molar-refractivity contribution is 5.97. The zero-order valence-electron chi connectivity index (χ0n) is 13.7. The van der Waals surface area contributed by atoms with Crippen LogP contribution >= 0.6 is 0 Å². The molecule has 20 heavy (non-hydrogen) atoms. The van der Waals surface area contributed by atoms with Crippen LogP contribution in [-0.4, -0.2) is 41.5 Å². The van der Waals surface area contributed by atoms with Crippen molar-refractivity contribution in [1.82, 2.24) is 15.5 Å². The van der Waals surface area contributed by atoms with Gasteiger partial charge >= 0.3 is 6.03 Å². The molecule has 0 saturated carbocycles. The van der Waals surface area contributed by atoms with E-state index in [1.54, 1.807) is 0 Å². The van der Waals surface area contributed by atoms with E-state index in [-0.39, 0.29) is 22.9 Å². The lowest BCUT2D eigenvalue weighted by atomic mass is 9.83. The van der Waals surface area contributed by atoms with Crippen molar-refractivity contribution < 1.29 is 9.59 Å². The third kappa shape index (κ3) is 5.49. The summed E-state index contributed by atoms with van der Waals surface area (Å²) in [7, 11) is 0. The number of likely N-dealkylation sites (tertiary alicyclic amines) is 1. The quantitative estimate of drug-likeness (QED) is 0.816. The Bertz CT molecular complexity index is 372. The lowest BCUT2D eigenvalue weighted by Crippen LogP contribution is -2.55. The number of carbonyl (C=O) groups is 2. The van der Waals surface area contributed by atoms with Crippen LogP contribution in [0.15, 0.2) is 0 Å². The fraction of sp³-hybridized carbons (Fsp3) is 0.867. The monoisotopic (exact) mass is 283 g/mol. The average molecular weight is 283 g/mol. The molecule has 1 rings (SSSR count). The minimum absolute atomic E-state index is 0.232. The van der Waals surface area contributed by atoms with Crippen molar-refractivity contribution in [1.29, 1.82) is 0 Å². The first-order valence-electron chi connectivity index (χ1n) is 7.37. The van der Waals surface area contributed by atoms with Crippen molar-refractivity contribution in [2.24, 2.45) is 5.41 Å². The third-order valence-electron chi connectivity index (χ3n) is 3.58. The Balaban J connectivity index is 2.52. The average Bonchev–Trinajstić information content (AvgIpc) is 2.23. The van der Waals surface area contributed by atoms with Crippen molar-refractivity contribution in [2.45, 2.75) is 66.0 Å². The van der Waals surface area contributed by atoms with Gasteiger partial charge in [0, 0.05) is 12.1 Å². The topological polar surface area (TPSA) is 61.4 Å². The molecule has 1 aliphatic rings. The van der Waals surface area contributed by atoms with Gasteiger partial charge in [0.05, 0.1) is 6.04 Å². The van der Waals surface area contributed by atoms with E-state index in [4.69, 9.17) is 0 Å². The van der Waals surface area contributed by atoms with E-state index in [1.165, 1.54) is 6.42 Å². The molecule has 2 N–H and O–H groups in total. The van der Waals surface area contributed by atoms with Gasteiger partial charge in [-0.25, -0.2) is 4.79 Å². The largest absolute Gasteiger partial charge is 0.333 e. The molecule has 1 atom stereocenters. The number of nitrogens with zero attached hydrogens (tertiary/aromatic N) is 1. The number of urea groups is 1. The van der Waals surface area contributed by atoms with Crippen molar-refractivity contribution in [2.75, 3.05) is 13.1 Å². The third-order valence-corrected chi connectivity index (χ3v) is 3.58. The number of hydrogen-bond donors (Lipinski definition) is 2. The van der Waals surface area contributed by atoms with Crippen LogP contribution in [-0.2, 0) is 4.79 Å². The second-order valence-corrected chi connectivity index (χ2v) is 7.61. The van der Waals surface area contributed by atoms with Crippen molar-refractivity contribution in [3.8, 4) is 0 Å². The van der Waals surface area contributed by atoms with Crippen LogP contribution in [0.2, 0.25) is 0 Å². The molecule has 0 aliphatic carbocycles. The Labute approximate surface area is 122 Å². The van der Waals surface area contributed by atoms with Crippen LogP contribution in [0.5, 0.6) is 0 Å². The smallest absolute Gasteiger partial charge is 0.321 e. The van der Waals surface area contributed by atoms with Gasteiger partial charge in [0.2, 0.25) is 5.91 Å². The molecule has 5 nitrogen and oxygen atoms in total. The van der Waals surface area contributed by atoms with Crippen LogP contribution in [0.3, 0.4) is 0 Å². The number of hydrogen-bond acceptors (Lipinski definition) is 3. The zero-order valence-corrected chi connectivity index (χ0v) is 13.7. The van der Waals surface area contributed by atoms with Gasteiger partial charge in [0.15, 0.2) is 0 Å². The van der Waals surface area contributed by atoms with Crippen LogP contribution in [0.1, 0.15) is 54.4 Å². The number of piperidine rings is 1. The van der Waals surface area contributed by atoms with E-state index in [1.807, 2.05) is 27.7 Å². The molecule has 0 aromatic rings. The second-order valence-electron chi connectivity index (χ2n) is 7.61. The highest BCUT2D eigenvalue weighted by Crippen LogP contribution is 2.29. The van der Waals surface area contributed by atoms with Crippen molar-refractivity contribution >= 4 is 11.9 Å². The van der Waals surface area contributed by atoms with Gasteiger partial charge in [-0.15, -0.1) is 0 Å². The summed E-state index contributed by atoms with van der Waals surface area (Å²) < 4.78 is 0. The maximum Gasteiger partial charge on any atom is 0.321 e. The summed E-state index contributed by atoms with van der Waals surface area (Å²) in [4.78, 5) is 26.0. The van der Waals surface area contributed by atoms with Crippen molar-refractivity contribution in [3.63, 3.8) is 0 Å². The maximum absolute atomic E-state index is 12.1. The fourth-order valence-electron chi connectivity index (χ4n) is 2.55. The van der Waals surface area contributed by atoms with E-state index in [2.05, 4.69) is 29.4 Å². The molecule has 1 heterocycles. The first-order valence-corrected chi connectivity index (χ1v) is 7.37. The lowest BCUT2D eigenvalue weighted by Gasteiger charge is -2.40. The molecule has 1 saturated heterocycles. The Kier molecular flexibility index (Phi) is 5.19. The van der Waals surface area contributed by atoms with Gasteiger partial charge in [0.1, 0.15) is 0 Å². The zero-order chi connectivity index (χ0) is 15.6. The molecule has 5 heteroatoms. The van der Waals surface area contributed by atoms with E-state index in [9.17, 15) is 9.59 Å². The summed E-state index contributed by atoms with van der Waals surface area (Å²) in [6.45, 7) is 13.8. The van der Waals surface area contributed by atoms with E-state index >= 15 is 0 Å². The number of imide groups is 1. The van der Waals surface area contributed by atoms with E-state index in [0.717, 1.165) is 19.5 Å². The highest BCUT2D eigenvalue weighted by Gasteiger charge is 2.32. The van der Waals surface area contributed by atoms with E-state index < -0.39 is 6.03 Å². The predicted molar refractivity (Wildman–Crippen MR) is 80.5 cm³/mol. The molecular formula is C15H29N3O2. The molecule has 116 valence electrons. The van der Waals surface area contributed by atoms with Crippen LogP contribution in [0.4, 0.5) is 4.79 Å². The molecular weight excluding hydrogens is 254 g/mol. The summed E-state index contributed by atoms with van der Waals surface area (Å²) in [6, 6.07) is -0.703. The van der Waals surface area contributed by atoms with E-state index in [0.29, 0.717) is 0 Å². The molecule has 0 bridgehead atoms. The molecule has 3 amide bonds. The van der Waals surface area contributed by atoms with Crippen LogP contribution in [0, 0.1) is 5.41 Å². The SMILES string of the molecule is CC(C(=O)NC(=O)NC(C)(C)C)N1CCCC(C)(C)C1. The van der Waals surface area contributed by atoms with Gasteiger partial charge < -0.3 is 5.32 Å². The summed E-state index contributed by atoms with van der Waals surface area (Å²) in [5, 5.41) is 5.16. The van der Waals surface area contributed by atoms with Crippen molar-refractivity contribution in [3.05, 3.63) is 0 Å². The van der Waals surface area contributed by atoms with Gasteiger partial charge in [-0.1, -0.05) is 13.8 Å². The molecule has 1 aliphatic heterocycles. The molecule has 0 aromatic heterocycles. The highest BCUT2D eigenvalue weighted by atomic mass is 16.2. The summed E-state index contributed by atoms with van der Waals surface area (Å²) in [6.07, 6.45) is 2.28. The Morgan fingerprint density at radius 3 is 2.35 bits per heavy atom. The standard InChI is InChI=1S/C15H29N3O2/c1-11(18-9-7-8-15(5,6)10-18)12(19)16-13(20)17-14(2,3)4/h11H,7-10H2,1-6H3,(H2,16,17,19,20). The maximum atomic E-state index is 12.1. The lowest BCUT2D eigenvalue weighted by molar-refractivity contribution is -0.125. The predicted octanol–water partition coefficient (Wildman–Crippen LogP) is 2.12. The summed E-state index contributed by atoms with van der Waals surface area (Å²) >= 11 is 0. The fourth-order valence-corrected chi connectivity index (χ4v) is 2.55. The number of amides is 3. The second kappa shape index (κ2) is 6.12. The Morgan fingerprint density at radius 1 is 1.25 bits per heavy atom. The number of carbonyl (C=O) groups excluding carboxylic acids is 2. The molecule has 0 spiro atoms.